The molecule has 1 aliphatic heterocycles. The Labute approximate surface area is 130 Å². The molecule has 1 fully saturated rings. The summed E-state index contributed by atoms with van der Waals surface area (Å²) in [6.07, 6.45) is 3.96. The van der Waals surface area contributed by atoms with Crippen LogP contribution < -0.4 is 4.90 Å². The highest BCUT2D eigenvalue weighted by Crippen LogP contribution is 2.19. The number of halogens is 1. The largest absolute Gasteiger partial charge is 0.368 e. The summed E-state index contributed by atoms with van der Waals surface area (Å²) < 4.78 is 2.06. The highest BCUT2D eigenvalue weighted by atomic mass is 35.5. The Morgan fingerprint density at radius 3 is 2.38 bits per heavy atom. The number of rotatable bonds is 3. The smallest absolute Gasteiger partial charge is 0.0707 e. The number of piperazine rings is 1. The number of hydrogen-bond donors (Lipinski definition) is 0. The van der Waals surface area contributed by atoms with E-state index in [1.807, 2.05) is 37.7 Å². The molecule has 0 N–H and O–H groups in total. The number of hydrogen-bond acceptors (Lipinski definition) is 3. The Morgan fingerprint density at radius 2 is 1.76 bits per heavy atom. The van der Waals surface area contributed by atoms with Gasteiger partial charge in [-0.25, -0.2) is 0 Å². The molecule has 0 unspecified atom stereocenters. The van der Waals surface area contributed by atoms with Gasteiger partial charge in [0.05, 0.1) is 25.0 Å². The number of nitrogens with zero attached hydrogens (tertiary/aromatic N) is 4. The molecule has 1 aromatic heterocycles. The van der Waals surface area contributed by atoms with Gasteiger partial charge in [-0.15, -0.1) is 0 Å². The summed E-state index contributed by atoms with van der Waals surface area (Å²) in [6.45, 7) is 3.82. The van der Waals surface area contributed by atoms with Gasteiger partial charge in [0.2, 0.25) is 0 Å². The first-order chi connectivity index (χ1) is 10.2. The first kappa shape index (κ1) is 14.0. The lowest BCUT2D eigenvalue weighted by molar-refractivity contribution is 0.272. The number of benzene rings is 1. The Kier molecular flexibility index (Phi) is 4.15. The van der Waals surface area contributed by atoms with E-state index in [-0.39, 0.29) is 0 Å². The van der Waals surface area contributed by atoms with E-state index >= 15 is 0 Å². The number of aromatic nitrogens is 1. The molecule has 0 bridgehead atoms. The molecular weight excluding hydrogens is 284 g/mol. The summed E-state index contributed by atoms with van der Waals surface area (Å²) in [7, 11) is 2.03. The molecule has 0 aliphatic carbocycles. The van der Waals surface area contributed by atoms with Crippen molar-refractivity contribution in [3.8, 4) is 0 Å². The summed E-state index contributed by atoms with van der Waals surface area (Å²) in [5, 5.41) is 7.47. The lowest BCUT2D eigenvalue weighted by Gasteiger charge is -2.34. The van der Waals surface area contributed by atoms with E-state index in [4.69, 9.17) is 11.6 Å². The molecule has 1 saturated heterocycles. The SMILES string of the molecule is Cn1cccc1/C=N/N1CCN(c2ccc(Cl)cc2)CC1. The molecule has 0 spiro atoms. The van der Waals surface area contributed by atoms with Crippen LogP contribution in [0.1, 0.15) is 5.69 Å². The topological polar surface area (TPSA) is 23.8 Å². The third kappa shape index (κ3) is 3.39. The van der Waals surface area contributed by atoms with Crippen molar-refractivity contribution >= 4 is 23.5 Å². The maximum absolute atomic E-state index is 5.93. The van der Waals surface area contributed by atoms with Crippen LogP contribution in [0.15, 0.2) is 47.7 Å². The zero-order chi connectivity index (χ0) is 14.7. The number of anilines is 1. The first-order valence-electron chi connectivity index (χ1n) is 7.13. The average Bonchev–Trinajstić information content (AvgIpc) is 2.92. The van der Waals surface area contributed by atoms with Gasteiger partial charge in [0.15, 0.2) is 0 Å². The van der Waals surface area contributed by atoms with E-state index < -0.39 is 0 Å². The molecule has 0 radical (unpaired) electrons. The third-order valence-electron chi connectivity index (χ3n) is 3.79. The van der Waals surface area contributed by atoms with Crippen molar-refractivity contribution < 1.29 is 0 Å². The van der Waals surface area contributed by atoms with Crippen molar-refractivity contribution in [2.75, 3.05) is 31.1 Å². The molecule has 5 heteroatoms. The standard InChI is InChI=1S/C16H19ClN4/c1-19-8-2-3-16(19)13-18-21-11-9-20(10-12-21)15-6-4-14(17)5-7-15/h2-8,13H,9-12H2,1H3/b18-13+. The predicted octanol–water partition coefficient (Wildman–Crippen LogP) is 2.83. The second kappa shape index (κ2) is 6.22. The predicted molar refractivity (Wildman–Crippen MR) is 88.2 cm³/mol. The fourth-order valence-electron chi connectivity index (χ4n) is 2.47. The van der Waals surface area contributed by atoms with Crippen molar-refractivity contribution in [3.05, 3.63) is 53.3 Å². The maximum Gasteiger partial charge on any atom is 0.0707 e. The molecule has 1 aromatic carbocycles. The summed E-state index contributed by atoms with van der Waals surface area (Å²) in [5.41, 5.74) is 2.35. The monoisotopic (exact) mass is 302 g/mol. The molecule has 4 nitrogen and oxygen atoms in total. The third-order valence-corrected chi connectivity index (χ3v) is 4.04. The van der Waals surface area contributed by atoms with Crippen LogP contribution >= 0.6 is 11.6 Å². The second-order valence-electron chi connectivity index (χ2n) is 5.21. The Morgan fingerprint density at radius 1 is 1.05 bits per heavy atom. The van der Waals surface area contributed by atoms with Gasteiger partial charge in [0.25, 0.3) is 0 Å². The zero-order valence-corrected chi connectivity index (χ0v) is 12.9. The van der Waals surface area contributed by atoms with Gasteiger partial charge >= 0.3 is 0 Å². The van der Waals surface area contributed by atoms with Gasteiger partial charge in [0.1, 0.15) is 0 Å². The fraction of sp³-hybridized carbons (Fsp3) is 0.312. The van der Waals surface area contributed by atoms with Crippen LogP contribution in [0.4, 0.5) is 5.69 Å². The van der Waals surface area contributed by atoms with Crippen LogP contribution in [0, 0.1) is 0 Å². The molecule has 0 atom stereocenters. The van der Waals surface area contributed by atoms with Crippen molar-refractivity contribution in [1.82, 2.24) is 9.58 Å². The van der Waals surface area contributed by atoms with Gasteiger partial charge in [-0.1, -0.05) is 11.6 Å². The van der Waals surface area contributed by atoms with E-state index in [0.717, 1.165) is 36.9 Å². The zero-order valence-electron chi connectivity index (χ0n) is 12.1. The van der Waals surface area contributed by atoms with E-state index in [0.29, 0.717) is 0 Å². The van der Waals surface area contributed by atoms with Crippen molar-refractivity contribution in [3.63, 3.8) is 0 Å². The van der Waals surface area contributed by atoms with E-state index in [1.54, 1.807) is 0 Å². The van der Waals surface area contributed by atoms with Crippen molar-refractivity contribution in [2.45, 2.75) is 0 Å². The minimum absolute atomic E-state index is 0.782. The van der Waals surface area contributed by atoms with Gasteiger partial charge in [-0.05, 0) is 36.4 Å². The number of aryl methyl sites for hydroxylation is 1. The lowest BCUT2D eigenvalue weighted by Crippen LogP contribution is -2.44. The molecule has 3 rings (SSSR count). The molecule has 0 saturated carbocycles. The minimum atomic E-state index is 0.782. The first-order valence-corrected chi connectivity index (χ1v) is 7.51. The Bertz CT molecular complexity index is 609. The Balaban J connectivity index is 1.56. The van der Waals surface area contributed by atoms with Crippen LogP contribution in [-0.2, 0) is 7.05 Å². The van der Waals surface area contributed by atoms with Crippen LogP contribution in [0.5, 0.6) is 0 Å². The molecule has 2 aromatic rings. The summed E-state index contributed by atoms with van der Waals surface area (Å²) in [4.78, 5) is 2.37. The molecule has 2 heterocycles. The fourth-order valence-corrected chi connectivity index (χ4v) is 2.60. The molecule has 1 aliphatic rings. The minimum Gasteiger partial charge on any atom is -0.368 e. The second-order valence-corrected chi connectivity index (χ2v) is 5.64. The molecule has 21 heavy (non-hydrogen) atoms. The Hall–Kier alpha value is -1.94. The van der Waals surface area contributed by atoms with Crippen LogP contribution in [0.2, 0.25) is 5.02 Å². The summed E-state index contributed by atoms with van der Waals surface area (Å²) in [6, 6.07) is 12.1. The van der Waals surface area contributed by atoms with E-state index in [9.17, 15) is 0 Å². The average molecular weight is 303 g/mol. The van der Waals surface area contributed by atoms with Gasteiger partial charge in [-0.3, -0.25) is 5.01 Å². The van der Waals surface area contributed by atoms with E-state index in [1.165, 1.54) is 5.69 Å². The van der Waals surface area contributed by atoms with E-state index in [2.05, 4.69) is 37.8 Å². The van der Waals surface area contributed by atoms with Crippen LogP contribution in [0.25, 0.3) is 0 Å². The molecule has 0 amide bonds. The normalized spacial score (nSPS) is 15.9. The quantitative estimate of drug-likeness (QED) is 0.814. The molecular formula is C16H19ClN4. The lowest BCUT2D eigenvalue weighted by atomic mass is 10.2. The van der Waals surface area contributed by atoms with Gasteiger partial charge in [0, 0.05) is 37.0 Å². The van der Waals surface area contributed by atoms with Crippen molar-refractivity contribution in [1.29, 1.82) is 0 Å². The summed E-state index contributed by atoms with van der Waals surface area (Å²) in [5.74, 6) is 0. The van der Waals surface area contributed by atoms with Gasteiger partial charge in [-0.2, -0.15) is 5.10 Å². The molecule has 110 valence electrons. The number of hydrazone groups is 1. The van der Waals surface area contributed by atoms with Crippen LogP contribution in [-0.4, -0.2) is 42.0 Å². The van der Waals surface area contributed by atoms with Gasteiger partial charge < -0.3 is 9.47 Å². The highest BCUT2D eigenvalue weighted by Gasteiger charge is 2.15. The highest BCUT2D eigenvalue weighted by molar-refractivity contribution is 6.30. The van der Waals surface area contributed by atoms with Crippen molar-refractivity contribution in [2.24, 2.45) is 12.1 Å². The summed E-state index contributed by atoms with van der Waals surface area (Å²) >= 11 is 5.93. The maximum atomic E-state index is 5.93. The van der Waals surface area contributed by atoms with Crippen LogP contribution in [0.3, 0.4) is 0 Å².